The molecule has 1 heterocycles. The molecule has 0 N–H and O–H groups in total. The summed E-state index contributed by atoms with van der Waals surface area (Å²) in [6, 6.07) is 19.1. The molecule has 3 nitrogen and oxygen atoms in total. The predicted molar refractivity (Wildman–Crippen MR) is 88.3 cm³/mol. The van der Waals surface area contributed by atoms with Gasteiger partial charge in [0.05, 0.1) is 23.9 Å². The Labute approximate surface area is 138 Å². The van der Waals surface area contributed by atoms with Crippen LogP contribution >= 0.6 is 23.2 Å². The molecule has 3 aromatic rings. The van der Waals surface area contributed by atoms with Gasteiger partial charge < -0.3 is 0 Å². The first-order valence-corrected chi connectivity index (χ1v) is 7.42. The van der Waals surface area contributed by atoms with Gasteiger partial charge in [0.25, 0.3) is 0 Å². The SMILES string of the molecule is N#CCc1c(-c2cccc(Cl)c2)nn(-c2ccccc2)c1Cl. The van der Waals surface area contributed by atoms with E-state index in [-0.39, 0.29) is 6.42 Å². The quantitative estimate of drug-likeness (QED) is 0.685. The van der Waals surface area contributed by atoms with Crippen LogP contribution in [0.4, 0.5) is 0 Å². The highest BCUT2D eigenvalue weighted by atomic mass is 35.5. The topological polar surface area (TPSA) is 41.6 Å². The van der Waals surface area contributed by atoms with Crippen LogP contribution in [-0.2, 0) is 6.42 Å². The molecule has 0 fully saturated rings. The Morgan fingerprint density at radius 2 is 1.82 bits per heavy atom. The molecule has 0 aliphatic carbocycles. The summed E-state index contributed by atoms with van der Waals surface area (Å²) in [6.07, 6.45) is 0.188. The fourth-order valence-corrected chi connectivity index (χ4v) is 2.76. The average Bonchev–Trinajstić information content (AvgIpc) is 2.86. The van der Waals surface area contributed by atoms with Gasteiger partial charge in [0, 0.05) is 16.1 Å². The van der Waals surface area contributed by atoms with Crippen LogP contribution in [0.1, 0.15) is 5.56 Å². The predicted octanol–water partition coefficient (Wildman–Crippen LogP) is 4.91. The molecule has 22 heavy (non-hydrogen) atoms. The minimum absolute atomic E-state index is 0.188. The third kappa shape index (κ3) is 2.71. The van der Waals surface area contributed by atoms with Gasteiger partial charge in [0.1, 0.15) is 5.15 Å². The van der Waals surface area contributed by atoms with Crippen molar-refractivity contribution >= 4 is 23.2 Å². The van der Waals surface area contributed by atoms with Gasteiger partial charge in [-0.25, -0.2) is 4.68 Å². The van der Waals surface area contributed by atoms with E-state index in [1.807, 2.05) is 48.5 Å². The van der Waals surface area contributed by atoms with Crippen LogP contribution in [-0.4, -0.2) is 9.78 Å². The highest BCUT2D eigenvalue weighted by Gasteiger charge is 2.18. The van der Waals surface area contributed by atoms with Crippen molar-refractivity contribution in [2.75, 3.05) is 0 Å². The molecule has 0 aliphatic rings. The molecule has 2 aromatic carbocycles. The molecule has 3 rings (SSSR count). The van der Waals surface area contributed by atoms with Gasteiger partial charge in [-0.15, -0.1) is 0 Å². The minimum Gasteiger partial charge on any atom is -0.221 e. The molecule has 0 radical (unpaired) electrons. The lowest BCUT2D eigenvalue weighted by molar-refractivity contribution is 0.884. The Kier molecular flexibility index (Phi) is 4.15. The molecule has 1 aromatic heterocycles. The molecule has 0 aliphatic heterocycles. The van der Waals surface area contributed by atoms with Gasteiger partial charge >= 0.3 is 0 Å². The smallest absolute Gasteiger partial charge is 0.137 e. The minimum atomic E-state index is 0.188. The molecule has 5 heteroatoms. The summed E-state index contributed by atoms with van der Waals surface area (Å²) in [5.74, 6) is 0. The van der Waals surface area contributed by atoms with E-state index < -0.39 is 0 Å². The molecule has 108 valence electrons. The first-order valence-electron chi connectivity index (χ1n) is 6.66. The average molecular weight is 328 g/mol. The van der Waals surface area contributed by atoms with Crippen molar-refractivity contribution in [3.63, 3.8) is 0 Å². The summed E-state index contributed by atoms with van der Waals surface area (Å²) in [7, 11) is 0. The number of aromatic nitrogens is 2. The monoisotopic (exact) mass is 327 g/mol. The molecular weight excluding hydrogens is 317 g/mol. The fourth-order valence-electron chi connectivity index (χ4n) is 2.27. The molecule has 0 saturated heterocycles. The Bertz CT molecular complexity index is 848. The van der Waals surface area contributed by atoms with Crippen molar-refractivity contribution in [1.29, 1.82) is 5.26 Å². The Morgan fingerprint density at radius 3 is 2.50 bits per heavy atom. The van der Waals surface area contributed by atoms with Gasteiger partial charge in [-0.1, -0.05) is 53.5 Å². The summed E-state index contributed by atoms with van der Waals surface area (Å²) in [5, 5.41) is 14.7. The summed E-state index contributed by atoms with van der Waals surface area (Å²) in [6.45, 7) is 0. The molecule has 0 atom stereocenters. The van der Waals surface area contributed by atoms with Gasteiger partial charge in [0.15, 0.2) is 0 Å². The molecule has 0 spiro atoms. The number of para-hydroxylation sites is 1. The van der Waals surface area contributed by atoms with Crippen molar-refractivity contribution in [2.24, 2.45) is 0 Å². The highest BCUT2D eigenvalue weighted by molar-refractivity contribution is 6.31. The van der Waals surface area contributed by atoms with E-state index in [2.05, 4.69) is 11.2 Å². The standard InChI is InChI=1S/C17H11Cl2N3/c18-13-6-4-5-12(11-13)16-15(9-10-20)17(19)22(21-16)14-7-2-1-3-8-14/h1-8,11H,9H2. The number of benzene rings is 2. The van der Waals surface area contributed by atoms with E-state index in [0.29, 0.717) is 21.4 Å². The second kappa shape index (κ2) is 6.23. The van der Waals surface area contributed by atoms with E-state index in [1.54, 1.807) is 10.7 Å². The third-order valence-corrected chi connectivity index (χ3v) is 3.90. The number of hydrogen-bond acceptors (Lipinski definition) is 2. The van der Waals surface area contributed by atoms with Crippen molar-refractivity contribution in [3.05, 3.63) is 70.3 Å². The Morgan fingerprint density at radius 1 is 1.05 bits per heavy atom. The van der Waals surface area contributed by atoms with Gasteiger partial charge in [-0.3, -0.25) is 0 Å². The van der Waals surface area contributed by atoms with Gasteiger partial charge in [-0.05, 0) is 24.3 Å². The third-order valence-electron chi connectivity index (χ3n) is 3.28. The molecule has 0 bridgehead atoms. The lowest BCUT2D eigenvalue weighted by Gasteiger charge is -2.02. The van der Waals surface area contributed by atoms with Gasteiger partial charge in [0.2, 0.25) is 0 Å². The maximum atomic E-state index is 9.08. The van der Waals surface area contributed by atoms with Crippen LogP contribution in [0.15, 0.2) is 54.6 Å². The number of nitriles is 1. The number of rotatable bonds is 3. The zero-order valence-electron chi connectivity index (χ0n) is 11.5. The van der Waals surface area contributed by atoms with Crippen LogP contribution in [0.2, 0.25) is 10.2 Å². The number of hydrogen-bond donors (Lipinski definition) is 0. The first kappa shape index (κ1) is 14.6. The lowest BCUT2D eigenvalue weighted by atomic mass is 10.1. The van der Waals surface area contributed by atoms with Crippen LogP contribution in [0.5, 0.6) is 0 Å². The molecular formula is C17H11Cl2N3. The normalized spacial score (nSPS) is 10.4. The van der Waals surface area contributed by atoms with Crippen LogP contribution in [0, 0.1) is 11.3 Å². The number of nitrogens with zero attached hydrogens (tertiary/aromatic N) is 3. The van der Waals surface area contributed by atoms with E-state index in [9.17, 15) is 0 Å². The second-order valence-corrected chi connectivity index (χ2v) is 5.51. The summed E-state index contributed by atoms with van der Waals surface area (Å²) >= 11 is 12.5. The Balaban J connectivity index is 2.20. The largest absolute Gasteiger partial charge is 0.221 e. The maximum absolute atomic E-state index is 9.08. The summed E-state index contributed by atoms with van der Waals surface area (Å²) < 4.78 is 1.64. The zero-order chi connectivity index (χ0) is 15.5. The van der Waals surface area contributed by atoms with Crippen molar-refractivity contribution in [1.82, 2.24) is 9.78 Å². The first-order chi connectivity index (χ1) is 10.7. The van der Waals surface area contributed by atoms with Crippen LogP contribution in [0.3, 0.4) is 0 Å². The summed E-state index contributed by atoms with van der Waals surface area (Å²) in [5.41, 5.74) is 3.07. The fraction of sp³-hybridized carbons (Fsp3) is 0.0588. The van der Waals surface area contributed by atoms with Crippen LogP contribution in [0.25, 0.3) is 16.9 Å². The maximum Gasteiger partial charge on any atom is 0.137 e. The van der Waals surface area contributed by atoms with Crippen LogP contribution < -0.4 is 0 Å². The molecule has 0 saturated carbocycles. The van der Waals surface area contributed by atoms with Crippen molar-refractivity contribution in [3.8, 4) is 23.0 Å². The second-order valence-electron chi connectivity index (χ2n) is 4.71. The summed E-state index contributed by atoms with van der Waals surface area (Å²) in [4.78, 5) is 0. The van der Waals surface area contributed by atoms with E-state index in [4.69, 9.17) is 28.5 Å². The zero-order valence-corrected chi connectivity index (χ0v) is 13.0. The van der Waals surface area contributed by atoms with E-state index >= 15 is 0 Å². The Hall–Kier alpha value is -2.28. The molecule has 0 amide bonds. The number of halogens is 2. The van der Waals surface area contributed by atoms with Crippen molar-refractivity contribution in [2.45, 2.75) is 6.42 Å². The van der Waals surface area contributed by atoms with E-state index in [1.165, 1.54) is 0 Å². The highest BCUT2D eigenvalue weighted by Crippen LogP contribution is 2.32. The molecule has 0 unspecified atom stereocenters. The van der Waals surface area contributed by atoms with E-state index in [0.717, 1.165) is 11.3 Å². The van der Waals surface area contributed by atoms with Crippen molar-refractivity contribution < 1.29 is 0 Å². The van der Waals surface area contributed by atoms with Gasteiger partial charge in [-0.2, -0.15) is 10.4 Å². The lowest BCUT2D eigenvalue weighted by Crippen LogP contribution is -1.96.